The van der Waals surface area contributed by atoms with Crippen LogP contribution in [-0.2, 0) is 0 Å². The highest BCUT2D eigenvalue weighted by Gasteiger charge is 2.12. The molecule has 1 heterocycles. The van der Waals surface area contributed by atoms with Gasteiger partial charge in [-0.3, -0.25) is 9.78 Å². The van der Waals surface area contributed by atoms with Crippen LogP contribution >= 0.6 is 0 Å². The summed E-state index contributed by atoms with van der Waals surface area (Å²) in [6, 6.07) is 7.88. The van der Waals surface area contributed by atoms with Crippen molar-refractivity contribution in [1.82, 2.24) is 4.98 Å². The van der Waals surface area contributed by atoms with Crippen LogP contribution in [0.5, 0.6) is 0 Å². The minimum absolute atomic E-state index is 0.174. The van der Waals surface area contributed by atoms with Crippen molar-refractivity contribution in [2.75, 3.05) is 6.54 Å². The highest BCUT2D eigenvalue weighted by Crippen LogP contribution is 2.20. The zero-order valence-corrected chi connectivity index (χ0v) is 11.3. The maximum absolute atomic E-state index is 12.3. The third kappa shape index (κ3) is 3.38. The average Bonchev–Trinajstić information content (AvgIpc) is 2.44. The van der Waals surface area contributed by atoms with Crippen LogP contribution in [0.3, 0.4) is 0 Å². The largest absolute Gasteiger partial charge is 0.330 e. The van der Waals surface area contributed by atoms with Gasteiger partial charge in [-0.25, -0.2) is 0 Å². The Labute approximate surface area is 113 Å². The van der Waals surface area contributed by atoms with E-state index in [2.05, 4.69) is 11.9 Å². The highest BCUT2D eigenvalue weighted by molar-refractivity contribution is 6.07. The van der Waals surface area contributed by atoms with Crippen LogP contribution in [0.2, 0.25) is 0 Å². The van der Waals surface area contributed by atoms with Crippen LogP contribution < -0.4 is 5.73 Å². The molecule has 2 aromatic rings. The van der Waals surface area contributed by atoms with E-state index < -0.39 is 0 Å². The molecule has 0 saturated heterocycles. The number of nitrogens with zero attached hydrogens (tertiary/aromatic N) is 1. The molecule has 1 aromatic heterocycles. The van der Waals surface area contributed by atoms with Gasteiger partial charge in [-0.05, 0) is 30.7 Å². The Morgan fingerprint density at radius 2 is 2.05 bits per heavy atom. The van der Waals surface area contributed by atoms with Crippen molar-refractivity contribution in [2.24, 2.45) is 11.7 Å². The number of benzene rings is 1. The van der Waals surface area contributed by atoms with Crippen LogP contribution in [0.4, 0.5) is 0 Å². The molecule has 100 valence electrons. The Morgan fingerprint density at radius 1 is 1.26 bits per heavy atom. The predicted molar refractivity (Wildman–Crippen MR) is 78.1 cm³/mol. The maximum atomic E-state index is 12.3. The summed E-state index contributed by atoms with van der Waals surface area (Å²) in [6.45, 7) is 2.83. The van der Waals surface area contributed by atoms with Gasteiger partial charge in [0, 0.05) is 29.8 Å². The van der Waals surface area contributed by atoms with Crippen molar-refractivity contribution in [3.05, 3.63) is 42.2 Å². The third-order valence-electron chi connectivity index (χ3n) is 3.49. The van der Waals surface area contributed by atoms with E-state index in [1.54, 1.807) is 12.4 Å². The predicted octanol–water partition coefficient (Wildman–Crippen LogP) is 3.18. The Balaban J connectivity index is 2.13. The summed E-state index contributed by atoms with van der Waals surface area (Å²) in [5.41, 5.74) is 6.26. The van der Waals surface area contributed by atoms with E-state index in [1.165, 1.54) is 0 Å². The number of nitrogens with two attached hydrogens (primary N) is 1. The molecule has 0 aliphatic rings. The first-order valence-corrected chi connectivity index (χ1v) is 6.78. The normalized spacial score (nSPS) is 12.5. The maximum Gasteiger partial charge on any atom is 0.165 e. The first-order chi connectivity index (χ1) is 9.22. The van der Waals surface area contributed by atoms with E-state index in [0.717, 1.165) is 29.2 Å². The van der Waals surface area contributed by atoms with Gasteiger partial charge in [0.15, 0.2) is 5.78 Å². The van der Waals surface area contributed by atoms with Gasteiger partial charge < -0.3 is 5.73 Å². The Morgan fingerprint density at radius 3 is 2.84 bits per heavy atom. The van der Waals surface area contributed by atoms with Gasteiger partial charge in [0.05, 0.1) is 0 Å². The van der Waals surface area contributed by atoms with Gasteiger partial charge in [0.2, 0.25) is 0 Å². The van der Waals surface area contributed by atoms with Gasteiger partial charge in [-0.1, -0.05) is 31.2 Å². The SMILES string of the molecule is CC(CCN)CCC(=O)c1cncc2ccccc12. The first-order valence-electron chi connectivity index (χ1n) is 6.78. The third-order valence-corrected chi connectivity index (χ3v) is 3.49. The second kappa shape index (κ2) is 6.43. The van der Waals surface area contributed by atoms with Gasteiger partial charge in [-0.2, -0.15) is 0 Å². The number of carbonyl (C=O) groups is 1. The van der Waals surface area contributed by atoms with Crippen molar-refractivity contribution >= 4 is 16.6 Å². The summed E-state index contributed by atoms with van der Waals surface area (Å²) in [7, 11) is 0. The van der Waals surface area contributed by atoms with Crippen LogP contribution in [0.15, 0.2) is 36.7 Å². The van der Waals surface area contributed by atoms with Crippen molar-refractivity contribution < 1.29 is 4.79 Å². The smallest absolute Gasteiger partial charge is 0.165 e. The molecule has 0 saturated carbocycles. The molecule has 1 aromatic carbocycles. The zero-order valence-electron chi connectivity index (χ0n) is 11.3. The molecule has 3 heteroatoms. The minimum atomic E-state index is 0.174. The zero-order chi connectivity index (χ0) is 13.7. The molecular formula is C16H20N2O. The van der Waals surface area contributed by atoms with Gasteiger partial charge in [-0.15, -0.1) is 0 Å². The molecule has 1 atom stereocenters. The van der Waals surface area contributed by atoms with Crippen LogP contribution in [-0.4, -0.2) is 17.3 Å². The molecule has 1 unspecified atom stereocenters. The average molecular weight is 256 g/mol. The van der Waals surface area contributed by atoms with E-state index >= 15 is 0 Å². The Kier molecular flexibility index (Phi) is 4.63. The highest BCUT2D eigenvalue weighted by atomic mass is 16.1. The molecule has 0 spiro atoms. The van der Waals surface area contributed by atoms with Crippen LogP contribution in [0, 0.1) is 5.92 Å². The van der Waals surface area contributed by atoms with Gasteiger partial charge in [0.25, 0.3) is 0 Å². The number of aromatic nitrogens is 1. The van der Waals surface area contributed by atoms with E-state index in [-0.39, 0.29) is 5.78 Å². The molecule has 0 aliphatic heterocycles. The monoisotopic (exact) mass is 256 g/mol. The number of hydrogen-bond donors (Lipinski definition) is 1. The molecule has 2 rings (SSSR count). The number of carbonyl (C=O) groups excluding carboxylic acids is 1. The summed E-state index contributed by atoms with van der Waals surface area (Å²) < 4.78 is 0. The molecule has 0 aliphatic carbocycles. The molecule has 2 N–H and O–H groups in total. The lowest BCUT2D eigenvalue weighted by molar-refractivity contribution is 0.0975. The summed E-state index contributed by atoms with van der Waals surface area (Å²) in [5.74, 6) is 0.671. The molecule has 0 amide bonds. The van der Waals surface area contributed by atoms with Crippen LogP contribution in [0.1, 0.15) is 36.5 Å². The molecule has 3 nitrogen and oxygen atoms in total. The van der Waals surface area contributed by atoms with Crippen molar-refractivity contribution in [3.63, 3.8) is 0 Å². The number of fused-ring (bicyclic) bond motifs is 1. The summed E-state index contributed by atoms with van der Waals surface area (Å²) in [5, 5.41) is 2.01. The first kappa shape index (κ1) is 13.7. The quantitative estimate of drug-likeness (QED) is 0.807. The van der Waals surface area contributed by atoms with Crippen molar-refractivity contribution in [2.45, 2.75) is 26.2 Å². The summed E-state index contributed by atoms with van der Waals surface area (Å²) in [6.07, 6.45) is 5.90. The lowest BCUT2D eigenvalue weighted by atomic mass is 9.96. The topological polar surface area (TPSA) is 56.0 Å². The number of Topliss-reactive ketones (excluding diaryl/α,β-unsaturated/α-hetero) is 1. The lowest BCUT2D eigenvalue weighted by Gasteiger charge is -2.09. The Bertz CT molecular complexity index is 560. The van der Waals surface area contributed by atoms with Crippen LogP contribution in [0.25, 0.3) is 10.8 Å². The van der Waals surface area contributed by atoms with E-state index in [9.17, 15) is 4.79 Å². The van der Waals surface area contributed by atoms with E-state index in [4.69, 9.17) is 5.73 Å². The van der Waals surface area contributed by atoms with E-state index in [1.807, 2.05) is 24.3 Å². The van der Waals surface area contributed by atoms with Crippen molar-refractivity contribution in [1.29, 1.82) is 0 Å². The number of ketones is 1. The minimum Gasteiger partial charge on any atom is -0.330 e. The van der Waals surface area contributed by atoms with Gasteiger partial charge in [0.1, 0.15) is 0 Å². The summed E-state index contributed by atoms with van der Waals surface area (Å²) in [4.78, 5) is 16.5. The molecule has 19 heavy (non-hydrogen) atoms. The van der Waals surface area contributed by atoms with Gasteiger partial charge >= 0.3 is 0 Å². The second-order valence-corrected chi connectivity index (χ2v) is 5.05. The fourth-order valence-corrected chi connectivity index (χ4v) is 2.28. The second-order valence-electron chi connectivity index (χ2n) is 5.05. The standard InChI is InChI=1S/C16H20N2O/c1-12(8-9-17)6-7-16(19)15-11-18-10-13-4-2-3-5-14(13)15/h2-5,10-12H,6-9,17H2,1H3. The molecular weight excluding hydrogens is 236 g/mol. The number of rotatable bonds is 6. The van der Waals surface area contributed by atoms with Crippen molar-refractivity contribution in [3.8, 4) is 0 Å². The summed E-state index contributed by atoms with van der Waals surface area (Å²) >= 11 is 0. The fraction of sp³-hybridized carbons (Fsp3) is 0.375. The molecule has 0 fully saturated rings. The number of hydrogen-bond acceptors (Lipinski definition) is 3. The number of pyridine rings is 1. The van der Waals surface area contributed by atoms with E-state index in [0.29, 0.717) is 18.9 Å². The lowest BCUT2D eigenvalue weighted by Crippen LogP contribution is -2.08. The molecule has 0 bridgehead atoms. The Hall–Kier alpha value is -1.74. The fourth-order valence-electron chi connectivity index (χ4n) is 2.28. The molecule has 0 radical (unpaired) electrons.